The molecule has 0 saturated heterocycles. The van der Waals surface area contributed by atoms with Gasteiger partial charge in [0.05, 0.1) is 16.9 Å². The zero-order valence-corrected chi connectivity index (χ0v) is 13.1. The van der Waals surface area contributed by atoms with E-state index >= 15 is 0 Å². The number of nitrogens with zero attached hydrogens (tertiary/aromatic N) is 4. The number of carbonyl (C=O) groups excluding carboxylic acids is 1. The Labute approximate surface area is 133 Å². The summed E-state index contributed by atoms with van der Waals surface area (Å²) in [7, 11) is 0. The van der Waals surface area contributed by atoms with E-state index in [1.54, 1.807) is 11.8 Å². The van der Waals surface area contributed by atoms with E-state index < -0.39 is 4.92 Å². The van der Waals surface area contributed by atoms with Crippen molar-refractivity contribution >= 4 is 17.4 Å². The molecule has 0 bridgehead atoms. The van der Waals surface area contributed by atoms with E-state index in [-0.39, 0.29) is 24.3 Å². The largest absolute Gasteiger partial charge is 0.390 e. The minimum atomic E-state index is -0.549. The van der Waals surface area contributed by atoms with Gasteiger partial charge in [-0.2, -0.15) is 4.68 Å². The van der Waals surface area contributed by atoms with Crippen LogP contribution in [0.25, 0.3) is 0 Å². The fraction of sp³-hybridized carbons (Fsp3) is 0.375. The number of anilines is 1. The molecule has 0 fully saturated rings. The zero-order valence-electron chi connectivity index (χ0n) is 13.1. The van der Waals surface area contributed by atoms with Crippen molar-refractivity contribution in [3.63, 3.8) is 0 Å². The molecule has 0 spiro atoms. The first kappa shape index (κ1) is 15.2. The van der Waals surface area contributed by atoms with Crippen molar-refractivity contribution in [3.05, 3.63) is 51.7 Å². The molecule has 1 amide bonds. The van der Waals surface area contributed by atoms with Crippen molar-refractivity contribution in [2.45, 2.75) is 39.3 Å². The Balaban J connectivity index is 1.87. The SMILES string of the molecule is Cc1cc([N+](=O)[O-])nn1CC(=O)N1c2ccccc2CC[C@@H]1C. The van der Waals surface area contributed by atoms with Crippen LogP contribution in [0.5, 0.6) is 0 Å². The van der Waals surface area contributed by atoms with Gasteiger partial charge < -0.3 is 15.0 Å². The summed E-state index contributed by atoms with van der Waals surface area (Å²) in [6.07, 6.45) is 1.86. The number of benzene rings is 1. The standard InChI is InChI=1S/C16H18N4O3/c1-11-7-8-13-5-3-4-6-14(13)19(11)16(21)10-18-12(2)9-15(17-18)20(22)23/h3-6,9,11H,7-8,10H2,1-2H3/t11-/m0/s1. The number of fused-ring (bicyclic) bond motifs is 1. The van der Waals surface area contributed by atoms with Crippen molar-refractivity contribution in [3.8, 4) is 0 Å². The van der Waals surface area contributed by atoms with Crippen LogP contribution in [0.3, 0.4) is 0 Å². The van der Waals surface area contributed by atoms with Crippen LogP contribution < -0.4 is 4.90 Å². The summed E-state index contributed by atoms with van der Waals surface area (Å²) in [6.45, 7) is 3.73. The van der Waals surface area contributed by atoms with Crippen molar-refractivity contribution < 1.29 is 9.72 Å². The molecule has 0 saturated carbocycles. The average Bonchev–Trinajstić information content (AvgIpc) is 2.88. The molecule has 3 rings (SSSR count). The third-order valence-electron chi connectivity index (χ3n) is 4.23. The number of amides is 1. The predicted octanol–water partition coefficient (Wildman–Crippen LogP) is 2.47. The molecule has 0 aliphatic carbocycles. The summed E-state index contributed by atoms with van der Waals surface area (Å²) in [5.41, 5.74) is 2.68. The van der Waals surface area contributed by atoms with Crippen molar-refractivity contribution in [1.29, 1.82) is 0 Å². The highest BCUT2D eigenvalue weighted by Crippen LogP contribution is 2.30. The summed E-state index contributed by atoms with van der Waals surface area (Å²) in [6, 6.07) is 9.34. The molecular formula is C16H18N4O3. The molecule has 120 valence electrons. The molecule has 2 heterocycles. The molecule has 7 nitrogen and oxygen atoms in total. The summed E-state index contributed by atoms with van der Waals surface area (Å²) >= 11 is 0. The Kier molecular flexibility index (Phi) is 3.85. The third kappa shape index (κ3) is 2.81. The van der Waals surface area contributed by atoms with Gasteiger partial charge in [-0.3, -0.25) is 4.79 Å². The monoisotopic (exact) mass is 314 g/mol. The second-order valence-corrected chi connectivity index (χ2v) is 5.84. The van der Waals surface area contributed by atoms with Crippen LogP contribution in [-0.4, -0.2) is 26.7 Å². The Hall–Kier alpha value is -2.70. The summed E-state index contributed by atoms with van der Waals surface area (Å²) in [4.78, 5) is 24.8. The molecule has 0 N–H and O–H groups in total. The van der Waals surface area contributed by atoms with Gasteiger partial charge in [0.2, 0.25) is 0 Å². The molecule has 7 heteroatoms. The maximum Gasteiger partial charge on any atom is 0.390 e. The lowest BCUT2D eigenvalue weighted by Crippen LogP contribution is -2.44. The van der Waals surface area contributed by atoms with Gasteiger partial charge in [0.1, 0.15) is 6.54 Å². The molecular weight excluding hydrogens is 296 g/mol. The van der Waals surface area contributed by atoms with Crippen molar-refractivity contribution in [1.82, 2.24) is 9.78 Å². The van der Waals surface area contributed by atoms with Crippen molar-refractivity contribution in [2.24, 2.45) is 0 Å². The van der Waals surface area contributed by atoms with Gasteiger partial charge in [0.15, 0.2) is 0 Å². The first-order valence-corrected chi connectivity index (χ1v) is 7.56. The van der Waals surface area contributed by atoms with E-state index in [0.29, 0.717) is 5.69 Å². The quantitative estimate of drug-likeness (QED) is 0.644. The summed E-state index contributed by atoms with van der Waals surface area (Å²) in [5, 5.41) is 14.7. The van der Waals surface area contributed by atoms with Crippen LogP contribution in [-0.2, 0) is 17.8 Å². The summed E-state index contributed by atoms with van der Waals surface area (Å²) in [5.74, 6) is -0.340. The maximum atomic E-state index is 12.8. The smallest absolute Gasteiger partial charge is 0.358 e. The van der Waals surface area contributed by atoms with E-state index in [0.717, 1.165) is 24.1 Å². The van der Waals surface area contributed by atoms with Crippen LogP contribution in [0.1, 0.15) is 24.6 Å². The van der Waals surface area contributed by atoms with Crippen LogP contribution in [0.4, 0.5) is 11.5 Å². The van der Waals surface area contributed by atoms with Gasteiger partial charge in [0, 0.05) is 11.7 Å². The molecule has 1 atom stereocenters. The molecule has 1 aromatic heterocycles. The third-order valence-corrected chi connectivity index (χ3v) is 4.23. The fourth-order valence-electron chi connectivity index (χ4n) is 3.01. The van der Waals surface area contributed by atoms with E-state index in [9.17, 15) is 14.9 Å². The Morgan fingerprint density at radius 2 is 2.17 bits per heavy atom. The minimum absolute atomic E-state index is 0.00164. The second-order valence-electron chi connectivity index (χ2n) is 5.84. The molecule has 0 unspecified atom stereocenters. The van der Waals surface area contributed by atoms with Crippen LogP contribution in [0, 0.1) is 17.0 Å². The highest BCUT2D eigenvalue weighted by molar-refractivity contribution is 5.95. The van der Waals surface area contributed by atoms with Gasteiger partial charge >= 0.3 is 5.82 Å². The zero-order chi connectivity index (χ0) is 16.6. The molecule has 23 heavy (non-hydrogen) atoms. The molecule has 1 aliphatic rings. The van der Waals surface area contributed by atoms with Crippen LogP contribution >= 0.6 is 0 Å². The molecule has 1 aliphatic heterocycles. The maximum absolute atomic E-state index is 12.8. The molecule has 2 aromatic rings. The van der Waals surface area contributed by atoms with E-state index in [1.807, 2.05) is 31.2 Å². The number of aromatic nitrogens is 2. The number of para-hydroxylation sites is 1. The van der Waals surface area contributed by atoms with Crippen molar-refractivity contribution in [2.75, 3.05) is 4.90 Å². The number of carbonyl (C=O) groups is 1. The lowest BCUT2D eigenvalue weighted by Gasteiger charge is -2.35. The Morgan fingerprint density at radius 3 is 2.87 bits per heavy atom. The first-order chi connectivity index (χ1) is 11.0. The Bertz CT molecular complexity index is 768. The topological polar surface area (TPSA) is 81.3 Å². The van der Waals surface area contributed by atoms with E-state index in [2.05, 4.69) is 5.10 Å². The number of hydrogen-bond donors (Lipinski definition) is 0. The van der Waals surface area contributed by atoms with Gasteiger partial charge in [-0.05, 0) is 43.2 Å². The average molecular weight is 314 g/mol. The van der Waals surface area contributed by atoms with Gasteiger partial charge in [-0.25, -0.2) is 0 Å². The number of hydrogen-bond acceptors (Lipinski definition) is 4. The molecule has 1 aromatic carbocycles. The number of rotatable bonds is 3. The van der Waals surface area contributed by atoms with Crippen LogP contribution in [0.15, 0.2) is 30.3 Å². The highest BCUT2D eigenvalue weighted by atomic mass is 16.6. The normalized spacial score (nSPS) is 17.0. The van der Waals surface area contributed by atoms with Gasteiger partial charge in [-0.15, -0.1) is 0 Å². The summed E-state index contributed by atoms with van der Waals surface area (Å²) < 4.78 is 1.39. The first-order valence-electron chi connectivity index (χ1n) is 7.56. The number of aryl methyl sites for hydroxylation is 2. The van der Waals surface area contributed by atoms with E-state index in [4.69, 9.17) is 0 Å². The fourth-order valence-corrected chi connectivity index (χ4v) is 3.01. The predicted molar refractivity (Wildman–Crippen MR) is 85.3 cm³/mol. The Morgan fingerprint density at radius 1 is 1.43 bits per heavy atom. The van der Waals surface area contributed by atoms with E-state index in [1.165, 1.54) is 10.7 Å². The van der Waals surface area contributed by atoms with Crippen LogP contribution in [0.2, 0.25) is 0 Å². The molecule has 0 radical (unpaired) electrons. The lowest BCUT2D eigenvalue weighted by molar-refractivity contribution is -0.389. The second kappa shape index (κ2) is 5.83. The lowest BCUT2D eigenvalue weighted by atomic mass is 9.96. The highest BCUT2D eigenvalue weighted by Gasteiger charge is 2.29. The van der Waals surface area contributed by atoms with Gasteiger partial charge in [-0.1, -0.05) is 18.2 Å². The van der Waals surface area contributed by atoms with Gasteiger partial charge in [0.25, 0.3) is 5.91 Å². The number of nitro groups is 1. The minimum Gasteiger partial charge on any atom is -0.358 e.